The molecule has 4 atom stereocenters. The first-order valence-corrected chi connectivity index (χ1v) is 6.87. The van der Waals surface area contributed by atoms with Crippen molar-refractivity contribution in [2.45, 2.75) is 64.5 Å². The fourth-order valence-electron chi connectivity index (χ4n) is 3.48. The standard InChI is InChI=1S/C14H24N2/c1-11-6-7-13(10-15)14(9-11)16-8-4-3-5-12(16)2/h11-14H,3-9H2,1-2H3. The third kappa shape index (κ3) is 2.40. The zero-order valence-electron chi connectivity index (χ0n) is 10.7. The molecule has 0 amide bonds. The zero-order chi connectivity index (χ0) is 11.5. The number of nitrogens with zero attached hydrogens (tertiary/aromatic N) is 2. The van der Waals surface area contributed by atoms with Crippen LogP contribution in [0.15, 0.2) is 0 Å². The van der Waals surface area contributed by atoms with Gasteiger partial charge in [0.15, 0.2) is 0 Å². The van der Waals surface area contributed by atoms with E-state index in [1.54, 1.807) is 0 Å². The Bertz CT molecular complexity index is 268. The van der Waals surface area contributed by atoms with E-state index in [0.717, 1.165) is 12.3 Å². The van der Waals surface area contributed by atoms with Crippen LogP contribution in [0.1, 0.15) is 52.4 Å². The topological polar surface area (TPSA) is 27.0 Å². The van der Waals surface area contributed by atoms with Crippen LogP contribution in [0, 0.1) is 23.2 Å². The van der Waals surface area contributed by atoms with Crippen molar-refractivity contribution in [2.24, 2.45) is 11.8 Å². The third-order valence-electron chi connectivity index (χ3n) is 4.52. The predicted octanol–water partition coefficient (Wildman–Crippen LogP) is 3.19. The van der Waals surface area contributed by atoms with E-state index in [9.17, 15) is 5.26 Å². The molecule has 1 aliphatic carbocycles. The Labute approximate surface area is 99.6 Å². The van der Waals surface area contributed by atoms with Gasteiger partial charge in [0.1, 0.15) is 0 Å². The van der Waals surface area contributed by atoms with Gasteiger partial charge in [-0.3, -0.25) is 4.90 Å². The zero-order valence-corrected chi connectivity index (χ0v) is 10.7. The Balaban J connectivity index is 2.06. The molecule has 90 valence electrons. The lowest BCUT2D eigenvalue weighted by Gasteiger charge is -2.44. The van der Waals surface area contributed by atoms with Gasteiger partial charge < -0.3 is 0 Å². The number of nitriles is 1. The summed E-state index contributed by atoms with van der Waals surface area (Å²) in [6.07, 6.45) is 7.62. The number of rotatable bonds is 1. The number of hydrogen-bond acceptors (Lipinski definition) is 2. The second-order valence-corrected chi connectivity index (χ2v) is 5.80. The summed E-state index contributed by atoms with van der Waals surface area (Å²) in [6.45, 7) is 5.90. The number of hydrogen-bond donors (Lipinski definition) is 0. The summed E-state index contributed by atoms with van der Waals surface area (Å²) in [6, 6.07) is 3.79. The van der Waals surface area contributed by atoms with E-state index in [2.05, 4.69) is 24.8 Å². The lowest BCUT2D eigenvalue weighted by atomic mass is 9.78. The van der Waals surface area contributed by atoms with E-state index in [1.165, 1.54) is 38.6 Å². The summed E-state index contributed by atoms with van der Waals surface area (Å²) in [4.78, 5) is 2.63. The molecular formula is C14H24N2. The van der Waals surface area contributed by atoms with Crippen LogP contribution in [-0.2, 0) is 0 Å². The Morgan fingerprint density at radius 2 is 1.94 bits per heavy atom. The summed E-state index contributed by atoms with van der Waals surface area (Å²) in [7, 11) is 0. The minimum absolute atomic E-state index is 0.289. The number of likely N-dealkylation sites (tertiary alicyclic amines) is 1. The molecule has 0 radical (unpaired) electrons. The fraction of sp³-hybridized carbons (Fsp3) is 0.929. The third-order valence-corrected chi connectivity index (χ3v) is 4.52. The molecule has 1 heterocycles. The van der Waals surface area contributed by atoms with Crippen molar-refractivity contribution >= 4 is 0 Å². The van der Waals surface area contributed by atoms with E-state index in [-0.39, 0.29) is 5.92 Å². The van der Waals surface area contributed by atoms with E-state index in [0.29, 0.717) is 12.1 Å². The van der Waals surface area contributed by atoms with Crippen LogP contribution in [-0.4, -0.2) is 23.5 Å². The van der Waals surface area contributed by atoms with Crippen molar-refractivity contribution in [1.29, 1.82) is 5.26 Å². The highest BCUT2D eigenvalue weighted by Crippen LogP contribution is 2.34. The van der Waals surface area contributed by atoms with Gasteiger partial charge in [-0.2, -0.15) is 5.26 Å². The summed E-state index contributed by atoms with van der Waals surface area (Å²) in [5, 5.41) is 9.29. The van der Waals surface area contributed by atoms with Crippen LogP contribution < -0.4 is 0 Å². The molecule has 0 aromatic carbocycles. The Morgan fingerprint density at radius 1 is 1.12 bits per heavy atom. The summed E-state index contributed by atoms with van der Waals surface area (Å²) in [5.41, 5.74) is 0. The quantitative estimate of drug-likeness (QED) is 0.678. The molecule has 2 heteroatoms. The highest BCUT2D eigenvalue weighted by Gasteiger charge is 2.35. The van der Waals surface area contributed by atoms with E-state index < -0.39 is 0 Å². The average Bonchev–Trinajstić information content (AvgIpc) is 2.29. The van der Waals surface area contributed by atoms with Crippen molar-refractivity contribution in [3.63, 3.8) is 0 Å². The molecule has 2 rings (SSSR count). The lowest BCUT2D eigenvalue weighted by molar-refractivity contribution is 0.0486. The largest absolute Gasteiger partial charge is 0.296 e. The average molecular weight is 220 g/mol. The first-order chi connectivity index (χ1) is 7.72. The van der Waals surface area contributed by atoms with Crippen molar-refractivity contribution in [3.8, 4) is 6.07 Å². The van der Waals surface area contributed by atoms with Crippen LogP contribution in [0.5, 0.6) is 0 Å². The molecule has 2 aliphatic rings. The minimum atomic E-state index is 0.289. The van der Waals surface area contributed by atoms with Crippen molar-refractivity contribution in [3.05, 3.63) is 0 Å². The van der Waals surface area contributed by atoms with Gasteiger partial charge in [-0.15, -0.1) is 0 Å². The predicted molar refractivity (Wildman–Crippen MR) is 65.9 cm³/mol. The molecule has 1 aliphatic heterocycles. The first-order valence-electron chi connectivity index (χ1n) is 6.87. The van der Waals surface area contributed by atoms with Crippen LogP contribution in [0.3, 0.4) is 0 Å². The van der Waals surface area contributed by atoms with Crippen LogP contribution in [0.2, 0.25) is 0 Å². The minimum Gasteiger partial charge on any atom is -0.296 e. The number of piperidine rings is 1. The second kappa shape index (κ2) is 5.19. The molecule has 0 spiro atoms. The molecule has 0 aromatic rings. The molecular weight excluding hydrogens is 196 g/mol. The Kier molecular flexibility index (Phi) is 3.86. The molecule has 0 N–H and O–H groups in total. The van der Waals surface area contributed by atoms with Gasteiger partial charge in [-0.05, 0) is 51.5 Å². The maximum atomic E-state index is 9.29. The van der Waals surface area contributed by atoms with Gasteiger partial charge in [-0.1, -0.05) is 13.3 Å². The summed E-state index contributed by atoms with van der Waals surface area (Å²) < 4.78 is 0. The van der Waals surface area contributed by atoms with Crippen LogP contribution >= 0.6 is 0 Å². The highest BCUT2D eigenvalue weighted by molar-refractivity contribution is 4.98. The van der Waals surface area contributed by atoms with Gasteiger partial charge in [-0.25, -0.2) is 0 Å². The molecule has 2 nitrogen and oxygen atoms in total. The van der Waals surface area contributed by atoms with Crippen molar-refractivity contribution in [1.82, 2.24) is 4.90 Å². The molecule has 0 aromatic heterocycles. The molecule has 0 bridgehead atoms. The monoisotopic (exact) mass is 220 g/mol. The SMILES string of the molecule is CC1CCC(C#N)C(N2CCCCC2C)C1. The molecule has 2 fully saturated rings. The fourth-order valence-corrected chi connectivity index (χ4v) is 3.48. The van der Waals surface area contributed by atoms with E-state index in [4.69, 9.17) is 0 Å². The first kappa shape index (κ1) is 11.9. The molecule has 4 unspecified atom stereocenters. The van der Waals surface area contributed by atoms with Crippen molar-refractivity contribution in [2.75, 3.05) is 6.54 Å². The van der Waals surface area contributed by atoms with Crippen LogP contribution in [0.25, 0.3) is 0 Å². The van der Waals surface area contributed by atoms with E-state index >= 15 is 0 Å². The molecule has 1 saturated heterocycles. The van der Waals surface area contributed by atoms with Gasteiger partial charge in [0.25, 0.3) is 0 Å². The maximum absolute atomic E-state index is 9.29. The summed E-state index contributed by atoms with van der Waals surface area (Å²) in [5.74, 6) is 1.10. The summed E-state index contributed by atoms with van der Waals surface area (Å²) >= 11 is 0. The molecule has 16 heavy (non-hydrogen) atoms. The Hall–Kier alpha value is -0.550. The second-order valence-electron chi connectivity index (χ2n) is 5.80. The van der Waals surface area contributed by atoms with E-state index in [1.807, 2.05) is 0 Å². The highest BCUT2D eigenvalue weighted by atomic mass is 15.2. The van der Waals surface area contributed by atoms with Crippen LogP contribution in [0.4, 0.5) is 0 Å². The van der Waals surface area contributed by atoms with Gasteiger partial charge in [0.2, 0.25) is 0 Å². The smallest absolute Gasteiger partial charge is 0.0672 e. The van der Waals surface area contributed by atoms with Gasteiger partial charge in [0.05, 0.1) is 12.0 Å². The molecule has 1 saturated carbocycles. The lowest BCUT2D eigenvalue weighted by Crippen LogP contribution is -2.50. The Morgan fingerprint density at radius 3 is 2.62 bits per heavy atom. The van der Waals surface area contributed by atoms with Crippen molar-refractivity contribution < 1.29 is 0 Å². The van der Waals surface area contributed by atoms with Gasteiger partial charge in [0, 0.05) is 12.1 Å². The van der Waals surface area contributed by atoms with Gasteiger partial charge >= 0.3 is 0 Å². The normalized spacial score (nSPS) is 41.6. The maximum Gasteiger partial charge on any atom is 0.0672 e.